The van der Waals surface area contributed by atoms with Crippen LogP contribution >= 0.6 is 0 Å². The fourth-order valence-electron chi connectivity index (χ4n) is 2.66. The van der Waals surface area contributed by atoms with Gasteiger partial charge in [-0.05, 0) is 17.8 Å². The standard InChI is InChI=1S/C13H16F3N5/c1-21(2)12-19-9(3-10(20-12)13(14,15)16)11-8-6-17-4-7(8)5-18-11/h3,6-7,11,17-18H,4-5H2,1-2H3. The third kappa shape index (κ3) is 2.55. The minimum Gasteiger partial charge on any atom is -0.390 e. The second-order valence-corrected chi connectivity index (χ2v) is 5.46. The van der Waals surface area contributed by atoms with E-state index in [9.17, 15) is 13.2 Å². The lowest BCUT2D eigenvalue weighted by Gasteiger charge is -2.18. The molecule has 1 aromatic rings. The maximum absolute atomic E-state index is 13.0. The van der Waals surface area contributed by atoms with Crippen molar-refractivity contribution >= 4 is 5.95 Å². The van der Waals surface area contributed by atoms with E-state index in [4.69, 9.17) is 0 Å². The second-order valence-electron chi connectivity index (χ2n) is 5.46. The van der Waals surface area contributed by atoms with Crippen LogP contribution in [0.5, 0.6) is 0 Å². The average molecular weight is 299 g/mol. The van der Waals surface area contributed by atoms with E-state index < -0.39 is 11.9 Å². The summed E-state index contributed by atoms with van der Waals surface area (Å²) >= 11 is 0. The van der Waals surface area contributed by atoms with Gasteiger partial charge in [0.05, 0.1) is 11.7 Å². The molecule has 0 spiro atoms. The van der Waals surface area contributed by atoms with Crippen molar-refractivity contribution in [2.45, 2.75) is 12.2 Å². The fraction of sp³-hybridized carbons (Fsp3) is 0.538. The molecular weight excluding hydrogens is 283 g/mol. The Morgan fingerprint density at radius 2 is 2.00 bits per heavy atom. The van der Waals surface area contributed by atoms with E-state index in [2.05, 4.69) is 20.6 Å². The summed E-state index contributed by atoms with van der Waals surface area (Å²) in [7, 11) is 3.25. The zero-order valence-electron chi connectivity index (χ0n) is 11.7. The molecule has 21 heavy (non-hydrogen) atoms. The molecule has 3 rings (SSSR count). The fourth-order valence-corrected chi connectivity index (χ4v) is 2.66. The molecule has 2 unspecified atom stereocenters. The smallest absolute Gasteiger partial charge is 0.390 e. The lowest BCUT2D eigenvalue weighted by Crippen LogP contribution is -2.22. The van der Waals surface area contributed by atoms with Gasteiger partial charge in [0.25, 0.3) is 0 Å². The molecule has 0 saturated carbocycles. The number of halogens is 3. The van der Waals surface area contributed by atoms with Gasteiger partial charge in [-0.2, -0.15) is 13.2 Å². The molecule has 0 radical (unpaired) electrons. The van der Waals surface area contributed by atoms with Crippen molar-refractivity contribution < 1.29 is 13.2 Å². The van der Waals surface area contributed by atoms with Crippen LogP contribution < -0.4 is 15.5 Å². The molecule has 8 heteroatoms. The number of hydrogen-bond donors (Lipinski definition) is 2. The number of aromatic nitrogens is 2. The molecule has 3 heterocycles. The number of hydrogen-bond acceptors (Lipinski definition) is 5. The Labute approximate surface area is 120 Å². The van der Waals surface area contributed by atoms with Gasteiger partial charge in [-0.1, -0.05) is 0 Å². The Morgan fingerprint density at radius 1 is 1.24 bits per heavy atom. The highest BCUT2D eigenvalue weighted by atomic mass is 19.4. The topological polar surface area (TPSA) is 53.1 Å². The summed E-state index contributed by atoms with van der Waals surface area (Å²) in [5.41, 5.74) is 0.512. The normalized spacial score (nSPS) is 24.5. The highest BCUT2D eigenvalue weighted by Crippen LogP contribution is 2.36. The Balaban J connectivity index is 2.03. The SMILES string of the molecule is CN(C)c1nc(C2NCC3CNC=C32)cc(C(F)(F)F)n1. The van der Waals surface area contributed by atoms with Crippen LogP contribution in [0.25, 0.3) is 0 Å². The molecule has 2 aliphatic rings. The van der Waals surface area contributed by atoms with E-state index in [1.165, 1.54) is 4.90 Å². The summed E-state index contributed by atoms with van der Waals surface area (Å²) in [6.45, 7) is 1.56. The van der Waals surface area contributed by atoms with Crippen LogP contribution in [0.2, 0.25) is 0 Å². The van der Waals surface area contributed by atoms with Gasteiger partial charge in [0.15, 0.2) is 0 Å². The van der Waals surface area contributed by atoms with Gasteiger partial charge >= 0.3 is 6.18 Å². The van der Waals surface area contributed by atoms with Crippen LogP contribution in [-0.2, 0) is 6.18 Å². The molecule has 2 atom stereocenters. The molecule has 1 aromatic heterocycles. The molecule has 0 bridgehead atoms. The van der Waals surface area contributed by atoms with Crippen LogP contribution in [0.3, 0.4) is 0 Å². The minimum atomic E-state index is -4.48. The van der Waals surface area contributed by atoms with E-state index in [0.717, 1.165) is 24.7 Å². The maximum Gasteiger partial charge on any atom is 0.433 e. The van der Waals surface area contributed by atoms with Gasteiger partial charge < -0.3 is 15.5 Å². The van der Waals surface area contributed by atoms with Gasteiger partial charge in [-0.15, -0.1) is 0 Å². The van der Waals surface area contributed by atoms with E-state index in [1.807, 2.05) is 6.20 Å². The molecule has 0 amide bonds. The van der Waals surface area contributed by atoms with Crippen molar-refractivity contribution in [3.63, 3.8) is 0 Å². The first-order valence-corrected chi connectivity index (χ1v) is 6.66. The first kappa shape index (κ1) is 14.1. The summed E-state index contributed by atoms with van der Waals surface area (Å²) in [6.07, 6.45) is -2.61. The lowest BCUT2D eigenvalue weighted by atomic mass is 9.99. The third-order valence-corrected chi connectivity index (χ3v) is 3.73. The molecule has 1 fully saturated rings. The monoisotopic (exact) mass is 299 g/mol. The molecule has 2 aliphatic heterocycles. The summed E-state index contributed by atoms with van der Waals surface area (Å²) < 4.78 is 39.0. The number of alkyl halides is 3. The van der Waals surface area contributed by atoms with Crippen molar-refractivity contribution in [1.82, 2.24) is 20.6 Å². The Kier molecular flexibility index (Phi) is 3.27. The first-order valence-electron chi connectivity index (χ1n) is 6.66. The van der Waals surface area contributed by atoms with Crippen LogP contribution in [0.1, 0.15) is 17.4 Å². The highest BCUT2D eigenvalue weighted by Gasteiger charge is 2.38. The second kappa shape index (κ2) is 4.87. The highest BCUT2D eigenvalue weighted by molar-refractivity contribution is 5.37. The number of fused-ring (bicyclic) bond motifs is 1. The zero-order valence-corrected chi connectivity index (χ0v) is 11.7. The lowest BCUT2D eigenvalue weighted by molar-refractivity contribution is -0.141. The average Bonchev–Trinajstić information content (AvgIpc) is 2.99. The first-order chi connectivity index (χ1) is 9.86. The van der Waals surface area contributed by atoms with Crippen molar-refractivity contribution in [2.75, 3.05) is 32.1 Å². The van der Waals surface area contributed by atoms with Crippen molar-refractivity contribution in [3.8, 4) is 0 Å². The molecule has 114 valence electrons. The molecule has 0 aliphatic carbocycles. The maximum atomic E-state index is 13.0. The predicted octanol–water partition coefficient (Wildman–Crippen LogP) is 1.31. The van der Waals surface area contributed by atoms with Crippen molar-refractivity contribution in [1.29, 1.82) is 0 Å². The quantitative estimate of drug-likeness (QED) is 0.862. The molecule has 0 aromatic carbocycles. The van der Waals surface area contributed by atoms with Gasteiger partial charge in [-0.25, -0.2) is 9.97 Å². The van der Waals surface area contributed by atoms with Crippen LogP contribution in [0.15, 0.2) is 17.8 Å². The molecular formula is C13H16F3N5. The predicted molar refractivity (Wildman–Crippen MR) is 71.7 cm³/mol. The van der Waals surface area contributed by atoms with E-state index in [1.54, 1.807) is 14.1 Å². The van der Waals surface area contributed by atoms with Crippen LogP contribution in [0, 0.1) is 5.92 Å². The number of anilines is 1. The summed E-state index contributed by atoms with van der Waals surface area (Å²) in [6, 6.07) is 0.749. The van der Waals surface area contributed by atoms with Crippen LogP contribution in [-0.4, -0.2) is 37.2 Å². The third-order valence-electron chi connectivity index (χ3n) is 3.73. The minimum absolute atomic E-state index is 0.0663. The van der Waals surface area contributed by atoms with Crippen molar-refractivity contribution in [2.24, 2.45) is 5.92 Å². The van der Waals surface area contributed by atoms with E-state index in [0.29, 0.717) is 11.6 Å². The summed E-state index contributed by atoms with van der Waals surface area (Å²) in [5.74, 6) is 0.388. The molecule has 1 saturated heterocycles. The van der Waals surface area contributed by atoms with Crippen LogP contribution in [0.4, 0.5) is 19.1 Å². The van der Waals surface area contributed by atoms with Gasteiger partial charge in [0, 0.05) is 33.1 Å². The zero-order chi connectivity index (χ0) is 15.2. The molecule has 2 N–H and O–H groups in total. The van der Waals surface area contributed by atoms with Crippen molar-refractivity contribution in [3.05, 3.63) is 29.2 Å². The van der Waals surface area contributed by atoms with E-state index >= 15 is 0 Å². The van der Waals surface area contributed by atoms with Gasteiger partial charge in [-0.3, -0.25) is 0 Å². The summed E-state index contributed by atoms with van der Waals surface area (Å²) in [4.78, 5) is 9.34. The number of nitrogens with zero attached hydrogens (tertiary/aromatic N) is 3. The molecule has 5 nitrogen and oxygen atoms in total. The largest absolute Gasteiger partial charge is 0.433 e. The Hall–Kier alpha value is -1.83. The van der Waals surface area contributed by atoms with Gasteiger partial charge in [0.2, 0.25) is 5.95 Å². The van der Waals surface area contributed by atoms with Gasteiger partial charge in [0.1, 0.15) is 5.69 Å². The van der Waals surface area contributed by atoms with E-state index in [-0.39, 0.29) is 12.0 Å². The number of nitrogens with one attached hydrogen (secondary N) is 2. The Morgan fingerprint density at radius 3 is 2.67 bits per heavy atom. The summed E-state index contributed by atoms with van der Waals surface area (Å²) in [5, 5.41) is 6.36. The number of rotatable bonds is 2. The Bertz CT molecular complexity index is 582.